The summed E-state index contributed by atoms with van der Waals surface area (Å²) in [6, 6.07) is 12.4. The number of esters is 1. The lowest BCUT2D eigenvalue weighted by Crippen LogP contribution is -2.31. The van der Waals surface area contributed by atoms with Crippen molar-refractivity contribution in [3.8, 4) is 0 Å². The van der Waals surface area contributed by atoms with Gasteiger partial charge >= 0.3 is 5.97 Å². The highest BCUT2D eigenvalue weighted by molar-refractivity contribution is 7.92. The van der Waals surface area contributed by atoms with Crippen molar-refractivity contribution < 1.29 is 22.7 Å². The summed E-state index contributed by atoms with van der Waals surface area (Å²) in [5, 5.41) is 2.34. The van der Waals surface area contributed by atoms with E-state index in [0.29, 0.717) is 5.69 Å². The molecule has 0 spiro atoms. The first-order chi connectivity index (χ1) is 12.8. The number of hydrogen-bond donors (Lipinski definition) is 1. The topological polar surface area (TPSA) is 92.8 Å². The van der Waals surface area contributed by atoms with Gasteiger partial charge in [-0.3, -0.25) is 9.10 Å². The molecule has 7 nitrogen and oxygen atoms in total. The number of carbonyl (C=O) groups is 2. The van der Waals surface area contributed by atoms with Crippen LogP contribution in [0.15, 0.2) is 53.4 Å². The number of hydrogen-bond acceptors (Lipinski definition) is 5. The largest absolute Gasteiger partial charge is 0.452 e. The molecule has 1 N–H and O–H groups in total. The number of carbonyl (C=O) groups excluding carboxylic acids is 2. The number of ether oxygens (including phenoxy) is 1. The molecule has 0 aliphatic carbocycles. The maximum absolute atomic E-state index is 13.0. The van der Waals surface area contributed by atoms with E-state index in [1.54, 1.807) is 37.3 Å². The Labute approximate surface area is 162 Å². The third-order valence-corrected chi connectivity index (χ3v) is 5.92. The molecule has 0 aliphatic rings. The molecule has 0 radical (unpaired) electrons. The van der Waals surface area contributed by atoms with Crippen LogP contribution < -0.4 is 9.62 Å². The quantitative estimate of drug-likeness (QED) is 0.708. The van der Waals surface area contributed by atoms with Crippen LogP contribution in [0.2, 0.25) is 5.02 Å². The Balaban J connectivity index is 2.38. The number of para-hydroxylation sites is 1. The first-order valence-corrected chi connectivity index (χ1v) is 9.88. The van der Waals surface area contributed by atoms with E-state index in [-0.39, 0.29) is 22.0 Å². The molecule has 0 saturated carbocycles. The zero-order valence-corrected chi connectivity index (χ0v) is 16.4. The number of likely N-dealkylation sites (N-methyl/N-ethyl adjacent to an activating group) is 1. The molecule has 0 fully saturated rings. The third kappa shape index (κ3) is 4.78. The van der Waals surface area contributed by atoms with Crippen molar-refractivity contribution >= 4 is 39.2 Å². The van der Waals surface area contributed by atoms with Gasteiger partial charge in [0, 0.05) is 13.6 Å². The van der Waals surface area contributed by atoms with Crippen LogP contribution in [-0.2, 0) is 19.6 Å². The van der Waals surface area contributed by atoms with Gasteiger partial charge in [0.1, 0.15) is 0 Å². The maximum atomic E-state index is 13.0. The van der Waals surface area contributed by atoms with Crippen LogP contribution in [0.3, 0.4) is 0 Å². The van der Waals surface area contributed by atoms with E-state index in [1.807, 2.05) is 0 Å². The minimum atomic E-state index is -3.93. The van der Waals surface area contributed by atoms with Crippen LogP contribution in [0.1, 0.15) is 17.3 Å². The fourth-order valence-electron chi connectivity index (χ4n) is 2.32. The van der Waals surface area contributed by atoms with Crippen LogP contribution >= 0.6 is 11.6 Å². The van der Waals surface area contributed by atoms with Crippen LogP contribution in [-0.4, -0.2) is 40.5 Å². The molecule has 9 heteroatoms. The molecule has 2 aromatic carbocycles. The highest BCUT2D eigenvalue weighted by atomic mass is 35.5. The predicted molar refractivity (Wildman–Crippen MR) is 102 cm³/mol. The number of sulfonamides is 1. The first-order valence-electron chi connectivity index (χ1n) is 8.06. The number of rotatable bonds is 7. The Morgan fingerprint density at radius 3 is 2.41 bits per heavy atom. The third-order valence-electron chi connectivity index (χ3n) is 3.69. The van der Waals surface area contributed by atoms with Gasteiger partial charge < -0.3 is 10.1 Å². The molecular weight excluding hydrogens is 392 g/mol. The molecule has 2 aromatic rings. The summed E-state index contributed by atoms with van der Waals surface area (Å²) in [5.41, 5.74) is 0.365. The van der Waals surface area contributed by atoms with Crippen molar-refractivity contribution in [1.82, 2.24) is 5.32 Å². The number of anilines is 1. The standard InChI is InChI=1S/C18H19ClN2O5S/c1-3-21(13-7-5-4-6-8-13)27(24,25)14-9-10-16(19)15(11-14)18(23)26-12-17(22)20-2/h4-11H,3,12H2,1-2H3,(H,20,22). The van der Waals surface area contributed by atoms with Crippen molar-refractivity contribution in [2.45, 2.75) is 11.8 Å². The highest BCUT2D eigenvalue weighted by Gasteiger charge is 2.26. The lowest BCUT2D eigenvalue weighted by atomic mass is 10.2. The zero-order valence-electron chi connectivity index (χ0n) is 14.8. The van der Waals surface area contributed by atoms with E-state index in [0.717, 1.165) is 6.07 Å². The Hall–Kier alpha value is -2.58. The van der Waals surface area contributed by atoms with E-state index in [9.17, 15) is 18.0 Å². The molecule has 144 valence electrons. The average Bonchev–Trinajstić information content (AvgIpc) is 2.67. The first kappa shape index (κ1) is 20.7. The summed E-state index contributed by atoms with van der Waals surface area (Å²) in [6.45, 7) is 1.41. The number of benzene rings is 2. The normalized spacial score (nSPS) is 10.9. The van der Waals surface area contributed by atoms with E-state index in [2.05, 4.69) is 5.32 Å². The van der Waals surface area contributed by atoms with Gasteiger partial charge in [0.25, 0.3) is 15.9 Å². The molecule has 0 aromatic heterocycles. The van der Waals surface area contributed by atoms with Crippen LogP contribution in [0.4, 0.5) is 5.69 Å². The van der Waals surface area contributed by atoms with E-state index < -0.39 is 28.5 Å². The molecule has 2 rings (SSSR count). The molecule has 0 bridgehead atoms. The lowest BCUT2D eigenvalue weighted by molar-refractivity contribution is -0.123. The molecular formula is C18H19ClN2O5S. The SMILES string of the molecule is CCN(c1ccccc1)S(=O)(=O)c1ccc(Cl)c(C(=O)OCC(=O)NC)c1. The number of halogens is 1. The second-order valence-electron chi connectivity index (χ2n) is 5.40. The van der Waals surface area contributed by atoms with Gasteiger partial charge in [-0.1, -0.05) is 29.8 Å². The van der Waals surface area contributed by atoms with Gasteiger partial charge in [-0.15, -0.1) is 0 Å². The number of nitrogens with one attached hydrogen (secondary N) is 1. The molecule has 27 heavy (non-hydrogen) atoms. The van der Waals surface area contributed by atoms with Crippen molar-refractivity contribution in [3.63, 3.8) is 0 Å². The molecule has 0 atom stereocenters. The van der Waals surface area contributed by atoms with Gasteiger partial charge in [0.05, 0.1) is 21.2 Å². The van der Waals surface area contributed by atoms with Crippen LogP contribution in [0.5, 0.6) is 0 Å². The highest BCUT2D eigenvalue weighted by Crippen LogP contribution is 2.27. The maximum Gasteiger partial charge on any atom is 0.340 e. The Morgan fingerprint density at radius 2 is 1.81 bits per heavy atom. The van der Waals surface area contributed by atoms with Crippen molar-refractivity contribution in [3.05, 3.63) is 59.1 Å². The van der Waals surface area contributed by atoms with Crippen molar-refractivity contribution in [2.24, 2.45) is 0 Å². The summed E-state index contributed by atoms with van der Waals surface area (Å²) in [5.74, 6) is -1.38. The number of amides is 1. The van der Waals surface area contributed by atoms with Gasteiger partial charge in [0.2, 0.25) is 0 Å². The lowest BCUT2D eigenvalue weighted by Gasteiger charge is -2.23. The minimum absolute atomic E-state index is 0.0265. The summed E-state index contributed by atoms with van der Waals surface area (Å²) in [6.07, 6.45) is 0. The van der Waals surface area contributed by atoms with E-state index in [1.165, 1.54) is 23.5 Å². The molecule has 0 unspecified atom stereocenters. The minimum Gasteiger partial charge on any atom is -0.452 e. The molecule has 0 saturated heterocycles. The second-order valence-corrected chi connectivity index (χ2v) is 7.67. The Bertz CT molecular complexity index is 932. The van der Waals surface area contributed by atoms with Crippen molar-refractivity contribution in [2.75, 3.05) is 24.5 Å². The summed E-state index contributed by atoms with van der Waals surface area (Å²) < 4.78 is 32.1. The Kier molecular flexibility index (Phi) is 6.81. The summed E-state index contributed by atoms with van der Waals surface area (Å²) in [7, 11) is -2.52. The van der Waals surface area contributed by atoms with Gasteiger partial charge in [-0.2, -0.15) is 0 Å². The van der Waals surface area contributed by atoms with Gasteiger partial charge in [0.15, 0.2) is 6.61 Å². The molecule has 0 aliphatic heterocycles. The molecule has 1 amide bonds. The fourth-order valence-corrected chi connectivity index (χ4v) is 4.01. The predicted octanol–water partition coefficient (Wildman–Crippen LogP) is 2.46. The van der Waals surface area contributed by atoms with Gasteiger partial charge in [-0.25, -0.2) is 13.2 Å². The summed E-state index contributed by atoms with van der Waals surface area (Å²) >= 11 is 6.01. The van der Waals surface area contributed by atoms with Crippen LogP contribution in [0, 0.1) is 0 Å². The zero-order chi connectivity index (χ0) is 20.0. The van der Waals surface area contributed by atoms with Crippen LogP contribution in [0.25, 0.3) is 0 Å². The smallest absolute Gasteiger partial charge is 0.340 e. The monoisotopic (exact) mass is 410 g/mol. The van der Waals surface area contributed by atoms with Gasteiger partial charge in [-0.05, 0) is 37.3 Å². The average molecular weight is 411 g/mol. The van der Waals surface area contributed by atoms with E-state index >= 15 is 0 Å². The fraction of sp³-hybridized carbons (Fsp3) is 0.222. The second kappa shape index (κ2) is 8.88. The summed E-state index contributed by atoms with van der Waals surface area (Å²) in [4.78, 5) is 23.3. The molecule has 0 heterocycles. The Morgan fingerprint density at radius 1 is 1.15 bits per heavy atom. The number of nitrogens with zero attached hydrogens (tertiary/aromatic N) is 1. The van der Waals surface area contributed by atoms with Crippen molar-refractivity contribution in [1.29, 1.82) is 0 Å². The van der Waals surface area contributed by atoms with E-state index in [4.69, 9.17) is 16.3 Å².